The van der Waals surface area contributed by atoms with Gasteiger partial charge in [-0.05, 0) is 37.6 Å². The first-order valence-electron chi connectivity index (χ1n) is 10.8. The number of methoxy groups -OCH3 is 2. The van der Waals surface area contributed by atoms with Gasteiger partial charge in [0.2, 0.25) is 0 Å². The fraction of sp³-hybridized carbons (Fsp3) is 0.231. The number of pyridine rings is 1. The van der Waals surface area contributed by atoms with Crippen LogP contribution >= 0.6 is 11.3 Å². The van der Waals surface area contributed by atoms with E-state index in [2.05, 4.69) is 5.32 Å². The number of hydrogen-bond donors (Lipinski definition) is 2. The summed E-state index contributed by atoms with van der Waals surface area (Å²) in [6, 6.07) is 17.6. The maximum Gasteiger partial charge on any atom is 0.263 e. The first-order valence-corrected chi connectivity index (χ1v) is 11.6. The Bertz CT molecular complexity index is 1300. The van der Waals surface area contributed by atoms with Gasteiger partial charge in [-0.3, -0.25) is 4.79 Å². The zero-order valence-electron chi connectivity index (χ0n) is 19.1. The highest BCUT2D eigenvalue weighted by atomic mass is 32.1. The smallest absolute Gasteiger partial charge is 0.263 e. The van der Waals surface area contributed by atoms with Crippen molar-refractivity contribution in [1.82, 2.24) is 10.3 Å². The number of aromatic nitrogens is 1. The van der Waals surface area contributed by atoms with Gasteiger partial charge >= 0.3 is 0 Å². The summed E-state index contributed by atoms with van der Waals surface area (Å²) in [5.41, 5.74) is 10.4. The molecule has 7 heteroatoms. The van der Waals surface area contributed by atoms with E-state index in [1.807, 2.05) is 68.4 Å². The summed E-state index contributed by atoms with van der Waals surface area (Å²) in [6.07, 6.45) is 0.833. The van der Waals surface area contributed by atoms with Crippen LogP contribution in [0.4, 0.5) is 5.69 Å². The Kier molecular flexibility index (Phi) is 6.51. The largest absolute Gasteiger partial charge is 0.497 e. The standard InChI is InChI=1S/C26H27N3O3S/c1-5-15(2)28-25(30)24-23(27)22-19(18-13-17(31-3)11-12-21(18)32-4)14-20(29-26(22)33-24)16-9-7-6-8-10-16/h6-15H,5,27H2,1-4H3,(H,28,30). The number of rotatable bonds is 7. The van der Waals surface area contributed by atoms with Crippen LogP contribution in [0.5, 0.6) is 11.5 Å². The van der Waals surface area contributed by atoms with Crippen molar-refractivity contribution in [2.45, 2.75) is 26.3 Å². The lowest BCUT2D eigenvalue weighted by Gasteiger charge is -2.14. The number of ether oxygens (including phenoxy) is 2. The van der Waals surface area contributed by atoms with Gasteiger partial charge in [-0.1, -0.05) is 37.3 Å². The fourth-order valence-corrected chi connectivity index (χ4v) is 4.70. The molecule has 0 spiro atoms. The lowest BCUT2D eigenvalue weighted by Crippen LogP contribution is -2.31. The molecule has 0 saturated heterocycles. The van der Waals surface area contributed by atoms with Crippen molar-refractivity contribution in [3.63, 3.8) is 0 Å². The van der Waals surface area contributed by atoms with Crippen molar-refractivity contribution in [2.24, 2.45) is 0 Å². The quantitative estimate of drug-likeness (QED) is 0.365. The third kappa shape index (κ3) is 4.36. The van der Waals surface area contributed by atoms with Gasteiger partial charge in [0, 0.05) is 28.1 Å². The minimum atomic E-state index is -0.185. The van der Waals surface area contributed by atoms with Gasteiger partial charge in [0.1, 0.15) is 21.2 Å². The van der Waals surface area contributed by atoms with E-state index in [1.165, 1.54) is 11.3 Å². The molecule has 0 aliphatic rings. The average Bonchev–Trinajstić information content (AvgIpc) is 3.19. The maximum atomic E-state index is 13.0. The molecule has 33 heavy (non-hydrogen) atoms. The highest BCUT2D eigenvalue weighted by Crippen LogP contribution is 2.44. The van der Waals surface area contributed by atoms with E-state index in [-0.39, 0.29) is 11.9 Å². The molecule has 6 nitrogen and oxygen atoms in total. The number of carbonyl (C=O) groups is 1. The molecule has 2 aromatic carbocycles. The van der Waals surface area contributed by atoms with Crippen molar-refractivity contribution in [1.29, 1.82) is 0 Å². The molecule has 0 radical (unpaired) electrons. The normalized spacial score (nSPS) is 11.9. The Morgan fingerprint density at radius 1 is 1.09 bits per heavy atom. The molecule has 0 saturated carbocycles. The Balaban J connectivity index is 2.00. The lowest BCUT2D eigenvalue weighted by atomic mass is 9.98. The number of nitrogens with one attached hydrogen (secondary N) is 1. The molecule has 1 amide bonds. The average molecular weight is 462 g/mol. The van der Waals surface area contributed by atoms with Crippen molar-refractivity contribution in [3.05, 3.63) is 59.5 Å². The van der Waals surface area contributed by atoms with Crippen LogP contribution in [-0.4, -0.2) is 31.2 Å². The Labute approximate surface area is 197 Å². The third-order valence-electron chi connectivity index (χ3n) is 5.66. The number of anilines is 1. The van der Waals surface area contributed by atoms with Crippen molar-refractivity contribution in [2.75, 3.05) is 20.0 Å². The molecule has 0 aliphatic heterocycles. The van der Waals surface area contributed by atoms with Crippen molar-refractivity contribution >= 4 is 33.1 Å². The summed E-state index contributed by atoms with van der Waals surface area (Å²) in [6.45, 7) is 4.00. The van der Waals surface area contributed by atoms with Crippen LogP contribution in [0.3, 0.4) is 0 Å². The Morgan fingerprint density at radius 2 is 1.85 bits per heavy atom. The zero-order valence-corrected chi connectivity index (χ0v) is 20.0. The molecule has 4 rings (SSSR count). The summed E-state index contributed by atoms with van der Waals surface area (Å²) in [7, 11) is 3.25. The number of nitrogen functional groups attached to an aromatic ring is 1. The summed E-state index contributed by atoms with van der Waals surface area (Å²) < 4.78 is 11.1. The summed E-state index contributed by atoms with van der Waals surface area (Å²) in [4.78, 5) is 19.0. The molecule has 4 aromatic rings. The number of carbonyl (C=O) groups excluding carboxylic acids is 1. The Hall–Kier alpha value is -3.58. The predicted molar refractivity (Wildman–Crippen MR) is 135 cm³/mol. The summed E-state index contributed by atoms with van der Waals surface area (Å²) in [5, 5.41) is 3.75. The van der Waals surface area contributed by atoms with Crippen LogP contribution in [-0.2, 0) is 0 Å². The molecular weight excluding hydrogens is 434 g/mol. The molecular formula is C26H27N3O3S. The zero-order chi connectivity index (χ0) is 23.5. The first kappa shape index (κ1) is 22.6. The highest BCUT2D eigenvalue weighted by Gasteiger charge is 2.23. The minimum Gasteiger partial charge on any atom is -0.497 e. The monoisotopic (exact) mass is 461 g/mol. The molecule has 1 unspecified atom stereocenters. The first-order chi connectivity index (χ1) is 16.0. The third-order valence-corrected chi connectivity index (χ3v) is 6.76. The van der Waals surface area contributed by atoms with Gasteiger partial charge in [-0.2, -0.15) is 0 Å². The van der Waals surface area contributed by atoms with Gasteiger partial charge in [-0.25, -0.2) is 4.98 Å². The molecule has 170 valence electrons. The number of thiophene rings is 1. The van der Waals surface area contributed by atoms with Crippen LogP contribution in [0.1, 0.15) is 29.9 Å². The van der Waals surface area contributed by atoms with E-state index in [9.17, 15) is 4.79 Å². The van der Waals surface area contributed by atoms with Crippen LogP contribution < -0.4 is 20.5 Å². The van der Waals surface area contributed by atoms with Crippen molar-refractivity contribution in [3.8, 4) is 33.9 Å². The molecule has 1 atom stereocenters. The summed E-state index contributed by atoms with van der Waals surface area (Å²) >= 11 is 1.31. The second-order valence-electron chi connectivity index (χ2n) is 7.80. The van der Waals surface area contributed by atoms with Gasteiger partial charge in [0.15, 0.2) is 0 Å². The molecule has 3 N–H and O–H groups in total. The van der Waals surface area contributed by atoms with Crippen LogP contribution in [0.15, 0.2) is 54.6 Å². The van der Waals surface area contributed by atoms with Gasteiger partial charge in [0.25, 0.3) is 5.91 Å². The SMILES string of the molecule is CCC(C)NC(=O)c1sc2nc(-c3ccccc3)cc(-c3cc(OC)ccc3OC)c2c1N. The van der Waals surface area contributed by atoms with E-state index in [1.54, 1.807) is 14.2 Å². The summed E-state index contributed by atoms with van der Waals surface area (Å²) in [5.74, 6) is 1.19. The van der Waals surface area contributed by atoms with E-state index >= 15 is 0 Å². The highest BCUT2D eigenvalue weighted by molar-refractivity contribution is 7.21. The lowest BCUT2D eigenvalue weighted by molar-refractivity contribution is 0.0944. The minimum absolute atomic E-state index is 0.0490. The van der Waals surface area contributed by atoms with Gasteiger partial charge < -0.3 is 20.5 Å². The number of benzene rings is 2. The Morgan fingerprint density at radius 3 is 2.52 bits per heavy atom. The molecule has 0 bridgehead atoms. The number of nitrogens with two attached hydrogens (primary N) is 1. The van der Waals surface area contributed by atoms with Crippen molar-refractivity contribution < 1.29 is 14.3 Å². The maximum absolute atomic E-state index is 13.0. The molecule has 0 aliphatic carbocycles. The second kappa shape index (κ2) is 9.50. The van der Waals surface area contributed by atoms with Crippen LogP contribution in [0.25, 0.3) is 32.6 Å². The number of hydrogen-bond acceptors (Lipinski definition) is 6. The van der Waals surface area contributed by atoms with E-state index in [4.69, 9.17) is 20.2 Å². The molecule has 2 aromatic heterocycles. The van der Waals surface area contributed by atoms with E-state index in [0.29, 0.717) is 26.9 Å². The second-order valence-corrected chi connectivity index (χ2v) is 8.79. The number of nitrogens with zero attached hydrogens (tertiary/aromatic N) is 1. The number of fused-ring (bicyclic) bond motifs is 1. The van der Waals surface area contributed by atoms with Crippen LogP contribution in [0.2, 0.25) is 0 Å². The molecule has 2 heterocycles. The van der Waals surface area contributed by atoms with Crippen LogP contribution in [0, 0.1) is 0 Å². The number of amides is 1. The molecule has 0 fully saturated rings. The van der Waals surface area contributed by atoms with Gasteiger partial charge in [0.05, 0.1) is 25.6 Å². The topological polar surface area (TPSA) is 86.5 Å². The van der Waals surface area contributed by atoms with Gasteiger partial charge in [-0.15, -0.1) is 11.3 Å². The predicted octanol–water partition coefficient (Wildman–Crippen LogP) is 5.76. The van der Waals surface area contributed by atoms with E-state index < -0.39 is 0 Å². The van der Waals surface area contributed by atoms with E-state index in [0.717, 1.165) is 34.2 Å². The fourth-order valence-electron chi connectivity index (χ4n) is 3.67.